The summed E-state index contributed by atoms with van der Waals surface area (Å²) in [6.45, 7) is 5.50. The molecule has 108 valence electrons. The molecule has 2 amide bonds. The average molecular weight is 268 g/mol. The second-order valence-corrected chi connectivity index (χ2v) is 5.15. The Labute approximate surface area is 114 Å². The number of hydrogen-bond acceptors (Lipinski definition) is 4. The van der Waals surface area contributed by atoms with Crippen molar-refractivity contribution in [2.45, 2.75) is 38.3 Å². The number of piperazine rings is 1. The van der Waals surface area contributed by atoms with Crippen LogP contribution in [0, 0.1) is 0 Å². The summed E-state index contributed by atoms with van der Waals surface area (Å²) in [4.78, 5) is 26.3. The van der Waals surface area contributed by atoms with Crippen molar-refractivity contribution >= 4 is 11.8 Å². The van der Waals surface area contributed by atoms with Crippen molar-refractivity contribution in [3.05, 3.63) is 0 Å². The Kier molecular flexibility index (Phi) is 5.15. The predicted molar refractivity (Wildman–Crippen MR) is 72.7 cm³/mol. The standard InChI is InChI=1S/C13H24N4O2/c1-2-15-13(19)11-9-14-7-8-17(11)10-5-3-4-6-16-12(10)18/h10-11,14H,2-9H2,1H3,(H,15,19)(H,16,18). The summed E-state index contributed by atoms with van der Waals surface area (Å²) < 4.78 is 0. The van der Waals surface area contributed by atoms with Gasteiger partial charge in [-0.05, 0) is 26.2 Å². The van der Waals surface area contributed by atoms with Gasteiger partial charge in [-0.15, -0.1) is 0 Å². The average Bonchev–Trinajstić information content (AvgIpc) is 2.64. The van der Waals surface area contributed by atoms with Crippen LogP contribution in [0.15, 0.2) is 0 Å². The zero-order valence-corrected chi connectivity index (χ0v) is 11.6. The number of rotatable bonds is 3. The van der Waals surface area contributed by atoms with E-state index in [9.17, 15) is 9.59 Å². The third-order valence-electron chi connectivity index (χ3n) is 3.85. The highest BCUT2D eigenvalue weighted by Crippen LogP contribution is 2.17. The molecule has 0 radical (unpaired) electrons. The highest BCUT2D eigenvalue weighted by atomic mass is 16.2. The molecular weight excluding hydrogens is 244 g/mol. The van der Waals surface area contributed by atoms with Crippen LogP contribution in [-0.2, 0) is 9.59 Å². The van der Waals surface area contributed by atoms with Gasteiger partial charge in [-0.2, -0.15) is 0 Å². The molecule has 3 N–H and O–H groups in total. The van der Waals surface area contributed by atoms with Gasteiger partial charge >= 0.3 is 0 Å². The summed E-state index contributed by atoms with van der Waals surface area (Å²) in [7, 11) is 0. The second-order valence-electron chi connectivity index (χ2n) is 5.15. The summed E-state index contributed by atoms with van der Waals surface area (Å²) in [5.41, 5.74) is 0. The van der Waals surface area contributed by atoms with E-state index in [1.54, 1.807) is 0 Å². The Morgan fingerprint density at radius 1 is 1.42 bits per heavy atom. The minimum absolute atomic E-state index is 0.0201. The molecule has 0 spiro atoms. The molecule has 2 aliphatic heterocycles. The molecular formula is C13H24N4O2. The van der Waals surface area contributed by atoms with E-state index < -0.39 is 0 Å². The van der Waals surface area contributed by atoms with Crippen LogP contribution < -0.4 is 16.0 Å². The molecule has 2 aliphatic rings. The SMILES string of the molecule is CCNC(=O)C1CNCCN1C1CCCCNC1=O. The van der Waals surface area contributed by atoms with Crippen LogP contribution in [-0.4, -0.2) is 61.5 Å². The molecule has 6 nitrogen and oxygen atoms in total. The van der Waals surface area contributed by atoms with Gasteiger partial charge in [0.25, 0.3) is 0 Å². The molecule has 0 aromatic carbocycles. The maximum Gasteiger partial charge on any atom is 0.238 e. The Balaban J connectivity index is 2.08. The van der Waals surface area contributed by atoms with E-state index in [0.717, 1.165) is 38.9 Å². The van der Waals surface area contributed by atoms with Gasteiger partial charge in [0.2, 0.25) is 11.8 Å². The summed E-state index contributed by atoms with van der Waals surface area (Å²) in [5.74, 6) is 0.0976. The summed E-state index contributed by atoms with van der Waals surface area (Å²) >= 11 is 0. The quantitative estimate of drug-likeness (QED) is 0.618. The fourth-order valence-electron chi connectivity index (χ4n) is 2.87. The number of hydrogen-bond donors (Lipinski definition) is 3. The summed E-state index contributed by atoms with van der Waals surface area (Å²) in [5, 5.41) is 9.05. The number of carbonyl (C=O) groups excluding carboxylic acids is 2. The van der Waals surface area contributed by atoms with E-state index in [2.05, 4.69) is 20.9 Å². The maximum absolute atomic E-state index is 12.1. The number of nitrogens with one attached hydrogen (secondary N) is 3. The van der Waals surface area contributed by atoms with E-state index in [-0.39, 0.29) is 23.9 Å². The molecule has 2 unspecified atom stereocenters. The summed E-state index contributed by atoms with van der Waals surface area (Å²) in [6, 6.07) is -0.389. The molecule has 0 aromatic rings. The van der Waals surface area contributed by atoms with E-state index in [0.29, 0.717) is 13.1 Å². The van der Waals surface area contributed by atoms with Gasteiger partial charge in [0.1, 0.15) is 6.04 Å². The highest BCUT2D eigenvalue weighted by Gasteiger charge is 2.36. The van der Waals surface area contributed by atoms with Gasteiger partial charge in [-0.1, -0.05) is 0 Å². The minimum Gasteiger partial charge on any atom is -0.355 e. The molecule has 2 saturated heterocycles. The van der Waals surface area contributed by atoms with Gasteiger partial charge in [0, 0.05) is 32.7 Å². The van der Waals surface area contributed by atoms with Crippen molar-refractivity contribution in [2.75, 3.05) is 32.7 Å². The molecule has 0 aliphatic carbocycles. The predicted octanol–water partition coefficient (Wildman–Crippen LogP) is -0.935. The van der Waals surface area contributed by atoms with Crippen LogP contribution in [0.4, 0.5) is 0 Å². The first-order valence-corrected chi connectivity index (χ1v) is 7.26. The normalized spacial score (nSPS) is 29.4. The van der Waals surface area contributed by atoms with Gasteiger partial charge in [-0.25, -0.2) is 0 Å². The number of nitrogens with zero attached hydrogens (tertiary/aromatic N) is 1. The van der Waals surface area contributed by atoms with Crippen molar-refractivity contribution in [3.63, 3.8) is 0 Å². The zero-order chi connectivity index (χ0) is 13.7. The number of amides is 2. The van der Waals surface area contributed by atoms with Crippen LogP contribution in [0.5, 0.6) is 0 Å². The Hall–Kier alpha value is -1.14. The molecule has 2 heterocycles. The molecule has 2 rings (SSSR count). The lowest BCUT2D eigenvalue weighted by Gasteiger charge is -2.39. The van der Waals surface area contributed by atoms with Crippen LogP contribution in [0.25, 0.3) is 0 Å². The lowest BCUT2D eigenvalue weighted by atomic mass is 10.0. The minimum atomic E-state index is -0.234. The van der Waals surface area contributed by atoms with E-state index in [4.69, 9.17) is 0 Å². The van der Waals surface area contributed by atoms with Crippen LogP contribution in [0.3, 0.4) is 0 Å². The van der Waals surface area contributed by atoms with Gasteiger partial charge < -0.3 is 16.0 Å². The molecule has 2 fully saturated rings. The summed E-state index contributed by atoms with van der Waals surface area (Å²) in [6.07, 6.45) is 2.91. The molecule has 6 heteroatoms. The fraction of sp³-hybridized carbons (Fsp3) is 0.846. The molecule has 0 bridgehead atoms. The highest BCUT2D eigenvalue weighted by molar-refractivity contribution is 5.85. The van der Waals surface area contributed by atoms with E-state index in [1.165, 1.54) is 0 Å². The topological polar surface area (TPSA) is 73.5 Å². The van der Waals surface area contributed by atoms with Crippen molar-refractivity contribution in [1.29, 1.82) is 0 Å². The first kappa shape index (κ1) is 14.3. The molecule has 19 heavy (non-hydrogen) atoms. The van der Waals surface area contributed by atoms with Gasteiger partial charge in [-0.3, -0.25) is 14.5 Å². The Bertz CT molecular complexity index is 335. The Morgan fingerprint density at radius 2 is 2.26 bits per heavy atom. The first-order chi connectivity index (χ1) is 9.24. The Morgan fingerprint density at radius 3 is 3.05 bits per heavy atom. The smallest absolute Gasteiger partial charge is 0.238 e. The first-order valence-electron chi connectivity index (χ1n) is 7.26. The van der Waals surface area contributed by atoms with Gasteiger partial charge in [0.15, 0.2) is 0 Å². The zero-order valence-electron chi connectivity index (χ0n) is 11.6. The monoisotopic (exact) mass is 268 g/mol. The van der Waals surface area contributed by atoms with Crippen molar-refractivity contribution in [3.8, 4) is 0 Å². The number of likely N-dealkylation sites (N-methyl/N-ethyl adjacent to an activating group) is 1. The largest absolute Gasteiger partial charge is 0.355 e. The van der Waals surface area contributed by atoms with E-state index >= 15 is 0 Å². The maximum atomic E-state index is 12.1. The van der Waals surface area contributed by atoms with Crippen molar-refractivity contribution < 1.29 is 9.59 Å². The molecule has 0 saturated carbocycles. The van der Waals surface area contributed by atoms with Crippen LogP contribution >= 0.6 is 0 Å². The number of carbonyl (C=O) groups is 2. The lowest BCUT2D eigenvalue weighted by molar-refractivity contribution is -0.133. The van der Waals surface area contributed by atoms with Gasteiger partial charge in [0.05, 0.1) is 6.04 Å². The van der Waals surface area contributed by atoms with Crippen LogP contribution in [0.1, 0.15) is 26.2 Å². The lowest BCUT2D eigenvalue weighted by Crippen LogP contribution is -2.63. The van der Waals surface area contributed by atoms with Crippen LogP contribution in [0.2, 0.25) is 0 Å². The molecule has 0 aromatic heterocycles. The second kappa shape index (κ2) is 6.86. The van der Waals surface area contributed by atoms with Crippen molar-refractivity contribution in [2.24, 2.45) is 0 Å². The third-order valence-corrected chi connectivity index (χ3v) is 3.85. The van der Waals surface area contributed by atoms with E-state index in [1.807, 2.05) is 6.92 Å². The molecule has 2 atom stereocenters. The fourth-order valence-corrected chi connectivity index (χ4v) is 2.87. The third kappa shape index (κ3) is 3.45. The van der Waals surface area contributed by atoms with Crippen molar-refractivity contribution in [1.82, 2.24) is 20.9 Å².